The maximum atomic E-state index is 14.8. The molecule has 12 atom stereocenters. The van der Waals surface area contributed by atoms with E-state index in [-0.39, 0.29) is 51.6 Å². The third-order valence-electron chi connectivity index (χ3n) is 14.7. The maximum absolute atomic E-state index is 14.8. The standard InChI is InChI=1S/C54H88N16O13S/c1-7-29(3)43(45(58)74)68-49(78)33-14-9-10-15-34(63-48(77)37(22-25-84-6)61-31(5)71)50(79)69-44(30(4)8-2)53(82)66-38(16-11-12-23-55)54(83)70-24-13-17-40(70)52(81)67-39(26-32-27-59-28-60-32)51(80)65-36(19-21-42(57)73)47(76)64-35(46(75)62-33)18-20-41(56)72/h9-10,27-30,33-40,43-44H,7-8,11-26,55H2,1-6H3,(H2,56,72)(H2,57,73)(H2,58,74)(H,59,60)(H,61,71)(H,62,75)(H,63,77)(H,64,76)(H,65,80)(H,66,82)(H,67,81)(H,68,78)(H,69,79)/b10-9+/t29-,30-,33-,34-,35-,36-,37-,38-,39-,40-,43-,44-/m0/s1. The van der Waals surface area contributed by atoms with E-state index in [0.29, 0.717) is 43.6 Å². The normalized spacial score (nSPS) is 24.4. The van der Waals surface area contributed by atoms with Crippen molar-refractivity contribution in [3.8, 4) is 0 Å². The van der Waals surface area contributed by atoms with Crippen molar-refractivity contribution in [1.29, 1.82) is 0 Å². The van der Waals surface area contributed by atoms with Crippen LogP contribution in [0, 0.1) is 11.8 Å². The number of aromatic amines is 1. The molecule has 0 spiro atoms. The van der Waals surface area contributed by atoms with Gasteiger partial charge in [-0.05, 0) is 94.6 Å². The van der Waals surface area contributed by atoms with Gasteiger partial charge in [0.1, 0.15) is 60.4 Å². The molecular formula is C54H88N16O13S. The lowest BCUT2D eigenvalue weighted by molar-refractivity contribution is -0.143. The Hall–Kier alpha value is -7.63. The van der Waals surface area contributed by atoms with Crippen molar-refractivity contribution in [2.45, 2.75) is 191 Å². The second-order valence-electron chi connectivity index (χ2n) is 21.3. The first-order valence-electron chi connectivity index (χ1n) is 28.5. The van der Waals surface area contributed by atoms with Gasteiger partial charge in [-0.25, -0.2) is 4.98 Å². The fraction of sp³-hybridized carbons (Fsp3) is 0.667. The molecule has 29 nitrogen and oxygen atoms in total. The van der Waals surface area contributed by atoms with Crippen LogP contribution < -0.4 is 70.8 Å². The molecule has 84 heavy (non-hydrogen) atoms. The van der Waals surface area contributed by atoms with Crippen LogP contribution in [0.4, 0.5) is 0 Å². The molecule has 0 radical (unpaired) electrons. The molecule has 1 saturated heterocycles. The molecular weight excluding hydrogens is 1110 g/mol. The van der Waals surface area contributed by atoms with Crippen LogP contribution >= 0.6 is 11.8 Å². The van der Waals surface area contributed by atoms with Crippen molar-refractivity contribution >= 4 is 88.6 Å². The van der Waals surface area contributed by atoms with Gasteiger partial charge in [0.15, 0.2) is 0 Å². The van der Waals surface area contributed by atoms with Gasteiger partial charge in [0.2, 0.25) is 76.8 Å². The number of imidazole rings is 1. The average Bonchev–Trinajstić information content (AvgIpc) is 3.67. The topological polar surface area (TPSA) is 466 Å². The molecule has 2 aliphatic rings. The minimum atomic E-state index is -1.68. The quantitative estimate of drug-likeness (QED) is 0.0336. The zero-order valence-electron chi connectivity index (χ0n) is 48.9. The number of fused-ring (bicyclic) bond motifs is 1. The molecule has 13 amide bonds. The second-order valence-corrected chi connectivity index (χ2v) is 22.2. The summed E-state index contributed by atoms with van der Waals surface area (Å²) < 4.78 is 0. The van der Waals surface area contributed by atoms with Crippen molar-refractivity contribution in [1.82, 2.24) is 62.7 Å². The summed E-state index contributed by atoms with van der Waals surface area (Å²) in [7, 11) is 0. The van der Waals surface area contributed by atoms with Crippen LogP contribution in [0.5, 0.6) is 0 Å². The number of thioether (sulfide) groups is 1. The number of hydrogen-bond acceptors (Lipinski definition) is 16. The molecule has 30 heteroatoms. The average molecular weight is 1200 g/mol. The summed E-state index contributed by atoms with van der Waals surface area (Å²) in [6.45, 7) is 8.44. The Labute approximate surface area is 493 Å². The van der Waals surface area contributed by atoms with Crippen LogP contribution in [0.1, 0.15) is 130 Å². The number of H-pyrrole nitrogens is 1. The lowest BCUT2D eigenvalue weighted by Gasteiger charge is -2.32. The third-order valence-corrected chi connectivity index (χ3v) is 15.4. The monoisotopic (exact) mass is 1200 g/mol. The molecule has 0 unspecified atom stereocenters. The predicted molar refractivity (Wildman–Crippen MR) is 309 cm³/mol. The Bertz CT molecular complexity index is 2480. The Morgan fingerprint density at radius 1 is 0.738 bits per heavy atom. The van der Waals surface area contributed by atoms with Crippen LogP contribution in [0.3, 0.4) is 0 Å². The van der Waals surface area contributed by atoms with E-state index < -0.39 is 175 Å². The van der Waals surface area contributed by atoms with E-state index in [1.807, 2.05) is 0 Å². The molecule has 3 heterocycles. The predicted octanol–water partition coefficient (Wildman–Crippen LogP) is -3.33. The van der Waals surface area contributed by atoms with Crippen LogP contribution in [0.15, 0.2) is 24.7 Å². The summed E-state index contributed by atoms with van der Waals surface area (Å²) in [6, 6.07) is -13.9. The number of nitrogens with two attached hydrogens (primary N) is 4. The van der Waals surface area contributed by atoms with Crippen LogP contribution in [0.25, 0.3) is 0 Å². The number of nitrogens with one attached hydrogen (secondary N) is 10. The first-order chi connectivity index (χ1) is 39.8. The molecule has 1 aromatic heterocycles. The largest absolute Gasteiger partial charge is 0.370 e. The molecule has 1 aromatic rings. The van der Waals surface area contributed by atoms with Gasteiger partial charge < -0.3 is 80.7 Å². The summed E-state index contributed by atoms with van der Waals surface area (Å²) >= 11 is 1.41. The molecule has 468 valence electrons. The molecule has 1 fully saturated rings. The summed E-state index contributed by atoms with van der Waals surface area (Å²) in [5.74, 6) is -11.6. The number of primary amides is 3. The molecule has 18 N–H and O–H groups in total. The highest BCUT2D eigenvalue weighted by atomic mass is 32.2. The Kier molecular flexibility index (Phi) is 30.4. The lowest BCUT2D eigenvalue weighted by Crippen LogP contribution is -2.61. The lowest BCUT2D eigenvalue weighted by atomic mass is 9.96. The van der Waals surface area contributed by atoms with E-state index in [9.17, 15) is 62.3 Å². The minimum Gasteiger partial charge on any atom is -0.370 e. The smallest absolute Gasteiger partial charge is 0.245 e. The molecule has 0 saturated carbocycles. The zero-order chi connectivity index (χ0) is 62.6. The number of rotatable bonds is 25. The number of unbranched alkanes of at least 4 members (excludes halogenated alkanes) is 1. The molecule has 3 rings (SSSR count). The highest BCUT2D eigenvalue weighted by Crippen LogP contribution is 2.22. The number of carbonyl (C=O) groups excluding carboxylic acids is 13. The second kappa shape index (κ2) is 36.2. The van der Waals surface area contributed by atoms with E-state index in [4.69, 9.17) is 22.9 Å². The number of hydrogen-bond donors (Lipinski definition) is 14. The SMILES string of the molecule is CC[C@H](C)[C@H](NC(=O)[C@@H]1C/C=C/C[C@H](NC(=O)[C@H](CCSC)NC(C)=O)C(=O)N[C@@H]([C@@H](C)CC)C(=O)N[C@@H](CCCCN)C(=O)N2CCC[C@H]2C(=O)N[C@@H](Cc2cnc[nH]2)C(=O)N[C@@H](CCC(N)=O)C(=O)N[C@@H](CCC(N)=O)C(=O)N1)C(N)=O. The van der Waals surface area contributed by atoms with Crippen LogP contribution in [-0.4, -0.2) is 177 Å². The van der Waals surface area contributed by atoms with Crippen molar-refractivity contribution in [3.05, 3.63) is 30.4 Å². The van der Waals surface area contributed by atoms with Gasteiger partial charge in [-0.3, -0.25) is 62.3 Å². The highest BCUT2D eigenvalue weighted by Gasteiger charge is 2.41. The molecule has 0 aromatic carbocycles. The van der Waals surface area contributed by atoms with Crippen LogP contribution in [-0.2, 0) is 68.7 Å². The van der Waals surface area contributed by atoms with Crippen molar-refractivity contribution in [3.63, 3.8) is 0 Å². The van der Waals surface area contributed by atoms with Gasteiger partial charge in [-0.15, -0.1) is 0 Å². The van der Waals surface area contributed by atoms with Gasteiger partial charge in [-0.1, -0.05) is 52.7 Å². The number of nitrogens with zero attached hydrogens (tertiary/aromatic N) is 2. The van der Waals surface area contributed by atoms with Gasteiger partial charge >= 0.3 is 0 Å². The third kappa shape index (κ3) is 23.2. The molecule has 2 aliphatic heterocycles. The Morgan fingerprint density at radius 2 is 1.35 bits per heavy atom. The Morgan fingerprint density at radius 3 is 1.90 bits per heavy atom. The van der Waals surface area contributed by atoms with Gasteiger partial charge in [0, 0.05) is 44.6 Å². The zero-order valence-corrected chi connectivity index (χ0v) is 49.7. The fourth-order valence-electron chi connectivity index (χ4n) is 9.43. The number of aromatic nitrogens is 2. The summed E-state index contributed by atoms with van der Waals surface area (Å²) in [5, 5.41) is 23.7. The summed E-state index contributed by atoms with van der Waals surface area (Å²) in [5.41, 5.74) is 22.9. The van der Waals surface area contributed by atoms with E-state index in [0.717, 1.165) is 0 Å². The van der Waals surface area contributed by atoms with Crippen molar-refractivity contribution in [2.24, 2.45) is 34.8 Å². The molecule has 0 bridgehead atoms. The summed E-state index contributed by atoms with van der Waals surface area (Å²) in [4.78, 5) is 188. The maximum Gasteiger partial charge on any atom is 0.245 e. The van der Waals surface area contributed by atoms with E-state index in [2.05, 4.69) is 57.8 Å². The van der Waals surface area contributed by atoms with E-state index in [1.165, 1.54) is 48.3 Å². The fourth-order valence-corrected chi connectivity index (χ4v) is 9.90. The van der Waals surface area contributed by atoms with E-state index >= 15 is 0 Å². The summed E-state index contributed by atoms with van der Waals surface area (Å²) in [6.07, 6.45) is 6.76. The highest BCUT2D eigenvalue weighted by molar-refractivity contribution is 7.98. The van der Waals surface area contributed by atoms with Gasteiger partial charge in [-0.2, -0.15) is 11.8 Å². The first kappa shape index (κ1) is 70.6. The van der Waals surface area contributed by atoms with Crippen LogP contribution in [0.2, 0.25) is 0 Å². The molecule has 0 aliphatic carbocycles. The van der Waals surface area contributed by atoms with Crippen molar-refractivity contribution < 1.29 is 62.3 Å². The Balaban J connectivity index is 2.32. The number of amides is 13. The number of carbonyl (C=O) groups is 13. The van der Waals surface area contributed by atoms with Gasteiger partial charge in [0.25, 0.3) is 0 Å². The minimum absolute atomic E-state index is 0.0706. The van der Waals surface area contributed by atoms with Crippen molar-refractivity contribution in [2.75, 3.05) is 25.1 Å². The van der Waals surface area contributed by atoms with Gasteiger partial charge in [0.05, 0.1) is 6.33 Å². The first-order valence-corrected chi connectivity index (χ1v) is 29.9. The van der Waals surface area contributed by atoms with E-state index in [1.54, 1.807) is 34.0 Å².